The highest BCUT2D eigenvalue weighted by molar-refractivity contribution is 5.69. The first-order chi connectivity index (χ1) is 22.5. The van der Waals surface area contributed by atoms with Crippen molar-refractivity contribution in [3.05, 3.63) is 54.1 Å². The number of hydrogen-bond donors (Lipinski definition) is 1. The summed E-state index contributed by atoms with van der Waals surface area (Å²) < 4.78 is 83.3. The van der Waals surface area contributed by atoms with Crippen LogP contribution >= 0.6 is 0 Å². The summed E-state index contributed by atoms with van der Waals surface area (Å²) in [6.07, 6.45) is 3.90. The maximum atomic E-state index is 13.2. The molecule has 1 saturated carbocycles. The third-order valence-electron chi connectivity index (χ3n) is 7.30. The Morgan fingerprint density at radius 3 is 2.45 bits per heavy atom. The van der Waals surface area contributed by atoms with Crippen molar-refractivity contribution in [2.24, 2.45) is 11.8 Å². The number of alkyl halides is 3. The van der Waals surface area contributed by atoms with Gasteiger partial charge in [-0.1, -0.05) is 30.4 Å². The molecule has 1 N–H and O–H groups in total. The second kappa shape index (κ2) is 22.9. The van der Waals surface area contributed by atoms with Crippen LogP contribution in [0.1, 0.15) is 51.5 Å². The smallest absolute Gasteiger partial charge is 0.416 e. The summed E-state index contributed by atoms with van der Waals surface area (Å²) >= 11 is 0. The van der Waals surface area contributed by atoms with Gasteiger partial charge in [-0.25, -0.2) is 0 Å². The highest BCUT2D eigenvalue weighted by Crippen LogP contribution is 2.38. The van der Waals surface area contributed by atoms with Crippen molar-refractivity contribution >= 4 is 5.97 Å². The lowest BCUT2D eigenvalue weighted by atomic mass is 9.89. The molecule has 0 aliphatic heterocycles. The normalized spacial score (nSPS) is 20.9. The van der Waals surface area contributed by atoms with Crippen molar-refractivity contribution in [1.82, 2.24) is 0 Å². The molecule has 5 atom stereocenters. The number of allylic oxidation sites excluding steroid dienone is 2. The van der Waals surface area contributed by atoms with Crippen LogP contribution in [0.2, 0.25) is 0 Å². The van der Waals surface area contributed by atoms with Crippen LogP contribution in [-0.2, 0) is 44.1 Å². The lowest BCUT2D eigenvalue weighted by Gasteiger charge is -2.23. The fraction of sp³-hybridized carbons (Fsp3) is 0.676. The number of aliphatic hydroxyl groups is 1. The van der Waals surface area contributed by atoms with E-state index >= 15 is 0 Å². The summed E-state index contributed by atoms with van der Waals surface area (Å²) in [5.74, 6) is -0.611. The highest BCUT2D eigenvalue weighted by atomic mass is 19.4. The molecule has 0 radical (unpaired) electrons. The van der Waals surface area contributed by atoms with Gasteiger partial charge in [0, 0.05) is 33.0 Å². The molecule has 10 nitrogen and oxygen atoms in total. The zero-order valence-electron chi connectivity index (χ0n) is 27.8. The Bertz CT molecular complexity index is 1050. The van der Waals surface area contributed by atoms with Crippen LogP contribution in [0, 0.1) is 11.8 Å². The van der Waals surface area contributed by atoms with Gasteiger partial charge in [-0.05, 0) is 57.2 Å². The van der Waals surface area contributed by atoms with E-state index in [2.05, 4.69) is 0 Å². The fourth-order valence-corrected chi connectivity index (χ4v) is 4.94. The molecule has 1 fully saturated rings. The van der Waals surface area contributed by atoms with Gasteiger partial charge in [-0.2, -0.15) is 13.2 Å². The van der Waals surface area contributed by atoms with Gasteiger partial charge in [0.1, 0.15) is 32.0 Å². The van der Waals surface area contributed by atoms with E-state index in [0.29, 0.717) is 58.5 Å². The third-order valence-corrected chi connectivity index (χ3v) is 7.30. The molecule has 1 aromatic rings. The van der Waals surface area contributed by atoms with E-state index in [1.165, 1.54) is 12.1 Å². The van der Waals surface area contributed by atoms with Gasteiger partial charge in [0.05, 0.1) is 50.3 Å². The lowest BCUT2D eigenvalue weighted by molar-refractivity contribution is -0.147. The maximum absolute atomic E-state index is 13.2. The van der Waals surface area contributed by atoms with Crippen LogP contribution < -0.4 is 4.74 Å². The summed E-state index contributed by atoms with van der Waals surface area (Å²) in [5, 5.41) is 11.0. The molecule has 0 aromatic heterocycles. The Labute approximate surface area is 276 Å². The van der Waals surface area contributed by atoms with Gasteiger partial charge in [0.2, 0.25) is 0 Å². The van der Waals surface area contributed by atoms with E-state index in [-0.39, 0.29) is 56.0 Å². The molecule has 1 aromatic carbocycles. The first-order valence-electron chi connectivity index (χ1n) is 15.9. The molecule has 268 valence electrons. The van der Waals surface area contributed by atoms with Crippen molar-refractivity contribution in [3.63, 3.8) is 0 Å². The van der Waals surface area contributed by atoms with Crippen molar-refractivity contribution in [2.75, 3.05) is 60.8 Å². The van der Waals surface area contributed by atoms with E-state index in [1.807, 2.05) is 32.1 Å². The van der Waals surface area contributed by atoms with Crippen LogP contribution in [0.25, 0.3) is 0 Å². The SMILES string of the molecule is COCCOCOC(C=C[C@@H]1[C@@H](CC=CCCCC(=O)OC(C)C)[C@@H](O)C[C@H]1OCOCCOC)COc1cccc(C(F)(F)F)c1. The predicted octanol–water partition coefficient (Wildman–Crippen LogP) is 5.72. The van der Waals surface area contributed by atoms with Crippen molar-refractivity contribution in [3.8, 4) is 5.75 Å². The number of carbonyl (C=O) groups excluding carboxylic acids is 1. The molecular formula is C34H51F3O10. The van der Waals surface area contributed by atoms with Gasteiger partial charge < -0.3 is 43.0 Å². The second-order valence-corrected chi connectivity index (χ2v) is 11.4. The van der Waals surface area contributed by atoms with Crippen molar-refractivity contribution in [2.45, 2.75) is 76.5 Å². The summed E-state index contributed by atoms with van der Waals surface area (Å²) in [4.78, 5) is 11.8. The average Bonchev–Trinajstić information content (AvgIpc) is 3.32. The maximum Gasteiger partial charge on any atom is 0.416 e. The predicted molar refractivity (Wildman–Crippen MR) is 168 cm³/mol. The molecule has 0 amide bonds. The topological polar surface area (TPSA) is 111 Å². The molecule has 0 saturated heterocycles. The van der Waals surface area contributed by atoms with E-state index < -0.39 is 23.9 Å². The zero-order valence-corrected chi connectivity index (χ0v) is 27.8. The minimum absolute atomic E-state index is 0.0199. The first-order valence-corrected chi connectivity index (χ1v) is 15.9. The Balaban J connectivity index is 2.13. The number of hydrogen-bond acceptors (Lipinski definition) is 10. The van der Waals surface area contributed by atoms with Gasteiger partial charge in [0.15, 0.2) is 0 Å². The number of halogens is 3. The van der Waals surface area contributed by atoms with Gasteiger partial charge >= 0.3 is 12.1 Å². The molecule has 13 heteroatoms. The van der Waals surface area contributed by atoms with E-state index in [4.69, 9.17) is 37.9 Å². The quantitative estimate of drug-likeness (QED) is 0.0632. The number of methoxy groups -OCH3 is 2. The van der Waals surface area contributed by atoms with Gasteiger partial charge in [-0.3, -0.25) is 4.79 Å². The summed E-state index contributed by atoms with van der Waals surface area (Å²) in [7, 11) is 3.12. The first kappa shape index (κ1) is 40.7. The van der Waals surface area contributed by atoms with Crippen LogP contribution in [0.3, 0.4) is 0 Å². The molecule has 1 aliphatic carbocycles. The Morgan fingerprint density at radius 1 is 1.04 bits per heavy atom. The van der Waals surface area contributed by atoms with Crippen LogP contribution in [0.15, 0.2) is 48.6 Å². The number of carbonyl (C=O) groups is 1. The van der Waals surface area contributed by atoms with Crippen LogP contribution in [0.4, 0.5) is 13.2 Å². The third kappa shape index (κ3) is 16.9. The van der Waals surface area contributed by atoms with E-state index in [1.54, 1.807) is 20.3 Å². The number of unbranched alkanes of at least 4 members (excludes halogenated alkanes) is 1. The van der Waals surface area contributed by atoms with Gasteiger partial charge in [0.25, 0.3) is 0 Å². The number of esters is 1. The molecule has 1 aliphatic rings. The van der Waals surface area contributed by atoms with Gasteiger partial charge in [-0.15, -0.1) is 0 Å². The minimum Gasteiger partial charge on any atom is -0.491 e. The van der Waals surface area contributed by atoms with Crippen molar-refractivity contribution in [1.29, 1.82) is 0 Å². The standard InChI is InChI=1S/C34H51F3O10/c1-25(2)47-33(39)13-8-6-5-7-12-29-30(32(21-31(29)38)46-24-43-19-17-41-4)15-14-28(45-23-42-18-16-40-3)22-44-27-11-9-10-26(20-27)34(35,36)37/h5,7,9-11,14-15,20,25,28-32,38H,6,8,12-13,16-19,21-24H2,1-4H3/t28?,29-,30-,31+,32-/m1/s1. The Kier molecular flexibility index (Phi) is 19.8. The summed E-state index contributed by atoms with van der Waals surface area (Å²) in [5.41, 5.74) is -0.815. The van der Waals surface area contributed by atoms with Crippen LogP contribution in [0.5, 0.6) is 5.75 Å². The average molecular weight is 677 g/mol. The number of benzene rings is 1. The lowest BCUT2D eigenvalue weighted by Crippen LogP contribution is -2.25. The zero-order chi connectivity index (χ0) is 34.5. The fourth-order valence-electron chi connectivity index (χ4n) is 4.94. The largest absolute Gasteiger partial charge is 0.491 e. The number of ether oxygens (including phenoxy) is 8. The molecule has 1 unspecified atom stereocenters. The molecule has 0 spiro atoms. The summed E-state index contributed by atoms with van der Waals surface area (Å²) in [6, 6.07) is 4.64. The molecule has 0 bridgehead atoms. The van der Waals surface area contributed by atoms with Crippen LogP contribution in [-0.4, -0.2) is 96.3 Å². The molecule has 47 heavy (non-hydrogen) atoms. The Hall–Kier alpha value is -2.52. The number of aliphatic hydroxyl groups excluding tert-OH is 1. The number of rotatable bonds is 24. The highest BCUT2D eigenvalue weighted by Gasteiger charge is 2.41. The van der Waals surface area contributed by atoms with E-state index in [9.17, 15) is 23.1 Å². The van der Waals surface area contributed by atoms with Crippen molar-refractivity contribution < 1.29 is 61.0 Å². The molecular weight excluding hydrogens is 625 g/mol. The summed E-state index contributed by atoms with van der Waals surface area (Å²) in [6.45, 7) is 4.90. The minimum atomic E-state index is -4.50. The van der Waals surface area contributed by atoms with E-state index in [0.717, 1.165) is 12.1 Å². The molecule has 2 rings (SSSR count). The monoisotopic (exact) mass is 676 g/mol. The Morgan fingerprint density at radius 2 is 1.77 bits per heavy atom. The second-order valence-electron chi connectivity index (χ2n) is 11.4. The molecule has 0 heterocycles.